The maximum atomic E-state index is 12.2. The molecule has 2 amide bonds. The maximum Gasteiger partial charge on any atom is 0.293 e. The van der Waals surface area contributed by atoms with Crippen LogP contribution in [0, 0.1) is 0 Å². The first kappa shape index (κ1) is 15.4. The van der Waals surface area contributed by atoms with Gasteiger partial charge in [0.15, 0.2) is 0 Å². The summed E-state index contributed by atoms with van der Waals surface area (Å²) >= 11 is 0.977. The highest BCUT2D eigenvalue weighted by molar-refractivity contribution is 8.18. The molecular weight excluding hydrogens is 286 g/mol. The third-order valence-corrected chi connectivity index (χ3v) is 3.77. The van der Waals surface area contributed by atoms with E-state index in [0.717, 1.165) is 23.1 Å². The predicted molar refractivity (Wildman–Crippen MR) is 85.1 cm³/mol. The second kappa shape index (κ2) is 6.63. The van der Waals surface area contributed by atoms with Crippen molar-refractivity contribution in [3.63, 3.8) is 0 Å². The highest BCUT2D eigenvalue weighted by Crippen LogP contribution is 2.33. The lowest BCUT2D eigenvalue weighted by Crippen LogP contribution is -2.34. The van der Waals surface area contributed by atoms with Gasteiger partial charge in [-0.3, -0.25) is 14.5 Å². The van der Waals surface area contributed by atoms with Crippen molar-refractivity contribution in [2.75, 3.05) is 6.61 Å². The van der Waals surface area contributed by atoms with E-state index in [9.17, 15) is 9.59 Å². The molecule has 2 rings (SSSR count). The molecule has 1 saturated heterocycles. The van der Waals surface area contributed by atoms with E-state index in [1.807, 2.05) is 38.1 Å². The molecule has 110 valence electrons. The minimum Gasteiger partial charge on any atom is -0.490 e. The van der Waals surface area contributed by atoms with Crippen LogP contribution in [0.5, 0.6) is 5.75 Å². The van der Waals surface area contributed by atoms with Crippen LogP contribution in [-0.2, 0) is 4.79 Å². The van der Waals surface area contributed by atoms with Crippen LogP contribution >= 0.6 is 11.8 Å². The van der Waals surface area contributed by atoms with Gasteiger partial charge < -0.3 is 4.74 Å². The number of ether oxygens (including phenoxy) is 1. The van der Waals surface area contributed by atoms with E-state index < -0.39 is 0 Å². The Kier molecular flexibility index (Phi) is 4.85. The van der Waals surface area contributed by atoms with Gasteiger partial charge in [0, 0.05) is 6.04 Å². The number of amides is 2. The third-order valence-electron chi connectivity index (χ3n) is 2.89. The number of hydrogen-bond acceptors (Lipinski definition) is 4. The number of carbonyl (C=O) groups excluding carboxylic acids is 2. The molecule has 0 aromatic heterocycles. The summed E-state index contributed by atoms with van der Waals surface area (Å²) in [5, 5.41) is -0.216. The topological polar surface area (TPSA) is 46.6 Å². The summed E-state index contributed by atoms with van der Waals surface area (Å²) in [5.74, 6) is 0.509. The van der Waals surface area contributed by atoms with Gasteiger partial charge in [-0.2, -0.15) is 0 Å². The minimum absolute atomic E-state index is 0.127. The first-order valence-corrected chi connectivity index (χ1v) is 7.45. The minimum atomic E-state index is -0.230. The predicted octanol–water partition coefficient (Wildman–Crippen LogP) is 3.70. The largest absolute Gasteiger partial charge is 0.490 e. The highest BCUT2D eigenvalue weighted by atomic mass is 32.2. The van der Waals surface area contributed by atoms with E-state index >= 15 is 0 Å². The number of nitrogens with zero attached hydrogens (tertiary/aromatic N) is 1. The van der Waals surface area contributed by atoms with Crippen molar-refractivity contribution in [3.8, 4) is 5.75 Å². The van der Waals surface area contributed by atoms with Crippen LogP contribution in [0.2, 0.25) is 0 Å². The quantitative estimate of drug-likeness (QED) is 0.614. The van der Waals surface area contributed by atoms with E-state index in [-0.39, 0.29) is 17.2 Å². The summed E-state index contributed by atoms with van der Waals surface area (Å²) in [6.07, 6.45) is 3.40. The van der Waals surface area contributed by atoms with Crippen molar-refractivity contribution in [2.24, 2.45) is 0 Å². The molecule has 0 N–H and O–H groups in total. The van der Waals surface area contributed by atoms with E-state index in [1.165, 1.54) is 4.90 Å². The Morgan fingerprint density at radius 3 is 2.48 bits per heavy atom. The highest BCUT2D eigenvalue weighted by Gasteiger charge is 2.36. The molecule has 1 aromatic rings. The molecule has 5 heteroatoms. The SMILES string of the molecule is C=CCOc1ccc(/C=C2/SC(=O)N(C(C)C)C2=O)cc1. The average molecular weight is 303 g/mol. The normalized spacial score (nSPS) is 16.9. The van der Waals surface area contributed by atoms with Crippen LogP contribution in [0.15, 0.2) is 41.8 Å². The molecular formula is C16H17NO3S. The lowest BCUT2D eigenvalue weighted by atomic mass is 10.2. The molecule has 0 unspecified atom stereocenters. The molecule has 1 fully saturated rings. The number of thioether (sulfide) groups is 1. The van der Waals surface area contributed by atoms with Gasteiger partial charge in [-0.05, 0) is 49.4 Å². The van der Waals surface area contributed by atoms with Crippen LogP contribution in [-0.4, -0.2) is 28.7 Å². The van der Waals surface area contributed by atoms with Gasteiger partial charge in [0.2, 0.25) is 0 Å². The number of benzene rings is 1. The van der Waals surface area contributed by atoms with Gasteiger partial charge in [-0.1, -0.05) is 24.8 Å². The molecule has 1 aromatic carbocycles. The summed E-state index contributed by atoms with van der Waals surface area (Å²) in [4.78, 5) is 25.7. The van der Waals surface area contributed by atoms with Gasteiger partial charge in [-0.15, -0.1) is 0 Å². The Bertz CT molecular complexity index is 590. The number of hydrogen-bond donors (Lipinski definition) is 0. The van der Waals surface area contributed by atoms with Crippen LogP contribution in [0.4, 0.5) is 4.79 Å². The fraction of sp³-hybridized carbons (Fsp3) is 0.250. The summed E-state index contributed by atoms with van der Waals surface area (Å²) in [6, 6.07) is 7.21. The molecule has 0 spiro atoms. The number of imide groups is 1. The molecule has 1 aliphatic rings. The van der Waals surface area contributed by atoms with Crippen LogP contribution < -0.4 is 4.74 Å². The monoisotopic (exact) mass is 303 g/mol. The number of carbonyl (C=O) groups is 2. The van der Waals surface area contributed by atoms with Crippen molar-refractivity contribution in [2.45, 2.75) is 19.9 Å². The van der Waals surface area contributed by atoms with E-state index in [1.54, 1.807) is 12.2 Å². The zero-order chi connectivity index (χ0) is 15.4. The standard InChI is InChI=1S/C16H17NO3S/c1-4-9-20-13-7-5-12(6-8-13)10-14-15(18)17(11(2)3)16(19)21-14/h4-8,10-11H,1,9H2,2-3H3/b14-10+. The van der Waals surface area contributed by atoms with Gasteiger partial charge in [0.25, 0.3) is 11.1 Å². The first-order valence-electron chi connectivity index (χ1n) is 6.63. The molecule has 0 saturated carbocycles. The van der Waals surface area contributed by atoms with Crippen LogP contribution in [0.1, 0.15) is 19.4 Å². The smallest absolute Gasteiger partial charge is 0.293 e. The van der Waals surface area contributed by atoms with Crippen molar-refractivity contribution < 1.29 is 14.3 Å². The fourth-order valence-corrected chi connectivity index (χ4v) is 2.85. The van der Waals surface area contributed by atoms with Crippen molar-refractivity contribution in [3.05, 3.63) is 47.4 Å². The molecule has 21 heavy (non-hydrogen) atoms. The van der Waals surface area contributed by atoms with Gasteiger partial charge in [-0.25, -0.2) is 0 Å². The fourth-order valence-electron chi connectivity index (χ4n) is 1.89. The Morgan fingerprint density at radius 2 is 1.95 bits per heavy atom. The molecule has 1 aliphatic heterocycles. The van der Waals surface area contributed by atoms with Crippen LogP contribution in [0.25, 0.3) is 6.08 Å². The second-order valence-corrected chi connectivity index (χ2v) is 5.81. The van der Waals surface area contributed by atoms with Crippen LogP contribution in [0.3, 0.4) is 0 Å². The average Bonchev–Trinajstić information content (AvgIpc) is 2.72. The van der Waals surface area contributed by atoms with Gasteiger partial charge in [0.05, 0.1) is 4.91 Å². The zero-order valence-electron chi connectivity index (χ0n) is 12.0. The summed E-state index contributed by atoms with van der Waals surface area (Å²) in [7, 11) is 0. The summed E-state index contributed by atoms with van der Waals surface area (Å²) in [5.41, 5.74) is 0.857. The number of rotatable bonds is 5. The molecule has 0 atom stereocenters. The van der Waals surface area contributed by atoms with Crippen molar-refractivity contribution in [1.29, 1.82) is 0 Å². The summed E-state index contributed by atoms with van der Waals surface area (Å²) in [6.45, 7) is 7.69. The van der Waals surface area contributed by atoms with Crippen molar-refractivity contribution in [1.82, 2.24) is 4.90 Å². The lowest BCUT2D eigenvalue weighted by Gasteiger charge is -2.16. The lowest BCUT2D eigenvalue weighted by molar-refractivity contribution is -0.123. The molecule has 4 nitrogen and oxygen atoms in total. The van der Waals surface area contributed by atoms with E-state index in [0.29, 0.717) is 11.5 Å². The van der Waals surface area contributed by atoms with E-state index in [4.69, 9.17) is 4.74 Å². The Balaban J connectivity index is 2.15. The first-order chi connectivity index (χ1) is 10.0. The Labute approximate surface area is 128 Å². The second-order valence-electron chi connectivity index (χ2n) is 4.81. The van der Waals surface area contributed by atoms with E-state index in [2.05, 4.69) is 6.58 Å². The summed E-state index contributed by atoms with van der Waals surface area (Å²) < 4.78 is 5.39. The molecule has 1 heterocycles. The zero-order valence-corrected chi connectivity index (χ0v) is 12.9. The third kappa shape index (κ3) is 3.55. The van der Waals surface area contributed by atoms with Crippen molar-refractivity contribution >= 4 is 29.0 Å². The molecule has 0 aliphatic carbocycles. The van der Waals surface area contributed by atoms with Gasteiger partial charge >= 0.3 is 0 Å². The Hall–Kier alpha value is -2.01. The van der Waals surface area contributed by atoms with Gasteiger partial charge in [0.1, 0.15) is 12.4 Å². The maximum absolute atomic E-state index is 12.2. The Morgan fingerprint density at radius 1 is 1.29 bits per heavy atom. The molecule has 0 radical (unpaired) electrons. The molecule has 0 bridgehead atoms.